The third-order valence-corrected chi connectivity index (χ3v) is 9.52. The molecule has 0 atom stereocenters. The molecule has 0 amide bonds. The Labute approximate surface area is 190 Å². The summed E-state index contributed by atoms with van der Waals surface area (Å²) in [4.78, 5) is 39.4. The second kappa shape index (κ2) is 7.44. The van der Waals surface area contributed by atoms with Crippen LogP contribution in [0.1, 0.15) is 59.0 Å². The van der Waals surface area contributed by atoms with E-state index >= 15 is 0 Å². The van der Waals surface area contributed by atoms with Crippen LogP contribution in [0.3, 0.4) is 0 Å². The van der Waals surface area contributed by atoms with Crippen LogP contribution in [0.4, 0.5) is 0 Å². The van der Waals surface area contributed by atoms with Gasteiger partial charge in [0.25, 0.3) is 0 Å². The van der Waals surface area contributed by atoms with Gasteiger partial charge in [-0.3, -0.25) is 9.59 Å². The topological polar surface area (TPSA) is 59.9 Å². The first kappa shape index (κ1) is 20.2. The summed E-state index contributed by atoms with van der Waals surface area (Å²) < 4.78 is 0. The Balaban J connectivity index is 1.70. The molecule has 3 aromatic rings. The van der Waals surface area contributed by atoms with Crippen LogP contribution in [0.2, 0.25) is 0 Å². The minimum atomic E-state index is -0.0260. The van der Waals surface area contributed by atoms with Crippen LogP contribution >= 0.6 is 46.2 Å². The molecule has 3 aromatic heterocycles. The maximum Gasteiger partial charge on any atom is 0.229 e. The molecule has 0 aliphatic carbocycles. The number of thiophene rings is 2. The van der Waals surface area contributed by atoms with E-state index in [4.69, 9.17) is 9.97 Å². The molecule has 152 valence electrons. The number of carbonyl (C=O) groups excluding carboxylic acids is 2. The molecule has 2 aliphatic rings. The van der Waals surface area contributed by atoms with E-state index in [0.29, 0.717) is 43.7 Å². The van der Waals surface area contributed by atoms with Gasteiger partial charge in [0.2, 0.25) is 10.2 Å². The lowest BCUT2D eigenvalue weighted by Gasteiger charge is -1.99. The van der Waals surface area contributed by atoms with Crippen molar-refractivity contribution in [2.75, 3.05) is 0 Å². The molecule has 0 saturated carbocycles. The van der Waals surface area contributed by atoms with Crippen molar-refractivity contribution in [3.8, 4) is 0 Å². The number of nitrogens with zero attached hydrogens (tertiary/aromatic N) is 2. The van der Waals surface area contributed by atoms with E-state index in [-0.39, 0.29) is 10.2 Å². The number of fused-ring (bicyclic) bond motifs is 2. The van der Waals surface area contributed by atoms with E-state index in [1.165, 1.54) is 9.75 Å². The molecule has 0 saturated heterocycles. The summed E-state index contributed by atoms with van der Waals surface area (Å²) in [7, 11) is 0. The smallest absolute Gasteiger partial charge is 0.229 e. The minimum absolute atomic E-state index is 0.0260. The molecule has 4 nitrogen and oxygen atoms in total. The van der Waals surface area contributed by atoms with E-state index in [9.17, 15) is 9.59 Å². The van der Waals surface area contributed by atoms with E-state index in [1.54, 1.807) is 22.7 Å². The second-order valence-electron chi connectivity index (χ2n) is 7.77. The molecule has 0 fully saturated rings. The maximum atomic E-state index is 12.8. The second-order valence-corrected chi connectivity index (χ2v) is 11.9. The van der Waals surface area contributed by atoms with Crippen LogP contribution in [0.15, 0.2) is 34.3 Å². The number of carbonyl (C=O) groups is 2. The first-order valence-electron chi connectivity index (χ1n) is 9.64. The number of rotatable bonds is 4. The van der Waals surface area contributed by atoms with Crippen molar-refractivity contribution >= 4 is 67.6 Å². The summed E-state index contributed by atoms with van der Waals surface area (Å²) in [5, 5.41) is 2.36. The van der Waals surface area contributed by atoms with Gasteiger partial charge in [-0.15, -0.1) is 22.7 Å². The van der Waals surface area contributed by atoms with Gasteiger partial charge in [0.15, 0.2) is 0 Å². The first-order chi connectivity index (χ1) is 14.3. The normalized spacial score (nSPS) is 15.7. The molecule has 0 N–H and O–H groups in total. The van der Waals surface area contributed by atoms with Crippen LogP contribution < -0.4 is 10.7 Å². The summed E-state index contributed by atoms with van der Waals surface area (Å²) in [6.45, 7) is 8.56. The van der Waals surface area contributed by atoms with Gasteiger partial charge in [-0.25, -0.2) is 9.97 Å². The van der Waals surface area contributed by atoms with E-state index in [0.717, 1.165) is 33.3 Å². The van der Waals surface area contributed by atoms with E-state index in [2.05, 4.69) is 39.8 Å². The minimum Gasteiger partial charge on any atom is -0.281 e. The van der Waals surface area contributed by atoms with E-state index in [1.807, 2.05) is 12.1 Å². The van der Waals surface area contributed by atoms with Crippen molar-refractivity contribution < 1.29 is 9.59 Å². The highest BCUT2D eigenvalue weighted by Gasteiger charge is 2.32. The molecule has 0 bridgehead atoms. The standard InChI is InChI=1S/C22H18N2O2S4/c1-9(2)11-5-7-13(27-11)15-17-19(29-21(15)25)24-18-16(22(26)30-20(18)23-17)14-8-6-12(28-14)10(3)4/h5-10H,1-4H3. The van der Waals surface area contributed by atoms with Crippen LogP contribution in [0, 0.1) is 0 Å². The lowest BCUT2D eigenvalue weighted by molar-refractivity contribution is -0.106. The quantitative estimate of drug-likeness (QED) is 0.559. The van der Waals surface area contributed by atoms with E-state index < -0.39 is 0 Å². The molecule has 0 radical (unpaired) electrons. The molecular weight excluding hydrogens is 453 g/mol. The Morgan fingerprint density at radius 2 is 1.07 bits per heavy atom. The highest BCUT2D eigenvalue weighted by atomic mass is 32.2. The Morgan fingerprint density at radius 3 is 1.40 bits per heavy atom. The zero-order valence-corrected chi connectivity index (χ0v) is 20.1. The van der Waals surface area contributed by atoms with Gasteiger partial charge in [-0.1, -0.05) is 27.7 Å². The SMILES string of the molecule is CC(C)c1ccc(C2=c3nc4c(nc3SC2=O)=C(c2ccc(C(C)C)s2)C(=O)S4)s1. The van der Waals surface area contributed by atoms with Gasteiger partial charge < -0.3 is 0 Å². The monoisotopic (exact) mass is 470 g/mol. The van der Waals surface area contributed by atoms with Crippen molar-refractivity contribution in [2.45, 2.75) is 49.6 Å². The van der Waals surface area contributed by atoms with Gasteiger partial charge in [0.1, 0.15) is 20.8 Å². The highest BCUT2D eigenvalue weighted by molar-refractivity contribution is 8.15. The van der Waals surface area contributed by atoms with Crippen molar-refractivity contribution in [1.82, 2.24) is 9.97 Å². The fraction of sp³-hybridized carbons (Fsp3) is 0.273. The fourth-order valence-corrected chi connectivity index (χ4v) is 7.34. The Morgan fingerprint density at radius 1 is 0.667 bits per heavy atom. The van der Waals surface area contributed by atoms with Crippen LogP contribution in [-0.2, 0) is 9.59 Å². The van der Waals surface area contributed by atoms with Crippen LogP contribution in [0.5, 0.6) is 0 Å². The predicted molar refractivity (Wildman–Crippen MR) is 125 cm³/mol. The number of hydrogen-bond acceptors (Lipinski definition) is 8. The summed E-state index contributed by atoms with van der Waals surface area (Å²) in [6.07, 6.45) is 0. The zero-order chi connectivity index (χ0) is 21.2. The molecule has 5 heterocycles. The molecule has 8 heteroatoms. The predicted octanol–water partition coefficient (Wildman–Crippen LogP) is 4.51. The molecule has 30 heavy (non-hydrogen) atoms. The Kier molecular flexibility index (Phi) is 5.01. The summed E-state index contributed by atoms with van der Waals surface area (Å²) in [6, 6.07) is 8.13. The largest absolute Gasteiger partial charge is 0.281 e. The molecule has 0 unspecified atom stereocenters. The lowest BCUT2D eigenvalue weighted by atomic mass is 10.1. The zero-order valence-electron chi connectivity index (χ0n) is 16.8. The van der Waals surface area contributed by atoms with Crippen molar-refractivity contribution in [3.05, 3.63) is 54.5 Å². The lowest BCUT2D eigenvalue weighted by Crippen LogP contribution is -2.23. The van der Waals surface area contributed by atoms with Gasteiger partial charge in [-0.05, 0) is 59.6 Å². The number of thioether (sulfide) groups is 2. The van der Waals surface area contributed by atoms with Crippen molar-refractivity contribution in [3.63, 3.8) is 0 Å². The Bertz CT molecular complexity index is 1240. The third kappa shape index (κ3) is 3.21. The van der Waals surface area contributed by atoms with Crippen LogP contribution in [-0.4, -0.2) is 20.2 Å². The molecular formula is C22H18N2O2S4. The third-order valence-electron chi connectivity index (χ3n) is 4.98. The number of hydrogen-bond donors (Lipinski definition) is 0. The average molecular weight is 471 g/mol. The van der Waals surface area contributed by atoms with Crippen molar-refractivity contribution in [1.29, 1.82) is 0 Å². The van der Waals surface area contributed by atoms with Gasteiger partial charge in [0, 0.05) is 19.5 Å². The van der Waals surface area contributed by atoms with Gasteiger partial charge in [-0.2, -0.15) is 0 Å². The maximum absolute atomic E-state index is 12.8. The Hall–Kier alpha value is -1.74. The van der Waals surface area contributed by atoms with Gasteiger partial charge >= 0.3 is 0 Å². The summed E-state index contributed by atoms with van der Waals surface area (Å²) >= 11 is 5.48. The molecule has 0 spiro atoms. The van der Waals surface area contributed by atoms with Gasteiger partial charge in [0.05, 0.1) is 11.1 Å². The molecule has 5 rings (SSSR count). The summed E-state index contributed by atoms with van der Waals surface area (Å²) in [5.74, 6) is 0.817. The fourth-order valence-electron chi connectivity index (χ4n) is 3.37. The number of aromatic nitrogens is 2. The van der Waals surface area contributed by atoms with Crippen molar-refractivity contribution in [2.24, 2.45) is 0 Å². The first-order valence-corrected chi connectivity index (χ1v) is 12.9. The highest BCUT2D eigenvalue weighted by Crippen LogP contribution is 2.37. The molecule has 0 aromatic carbocycles. The molecule has 2 aliphatic heterocycles. The average Bonchev–Trinajstić information content (AvgIpc) is 3.42. The van der Waals surface area contributed by atoms with Crippen LogP contribution in [0.25, 0.3) is 11.1 Å². The summed E-state index contributed by atoms with van der Waals surface area (Å²) in [5.41, 5.74) is 1.23.